The van der Waals surface area contributed by atoms with Gasteiger partial charge in [-0.15, -0.1) is 0 Å². The van der Waals surface area contributed by atoms with Gasteiger partial charge >= 0.3 is 0 Å². The molecule has 0 N–H and O–H groups in total. The molecule has 0 aliphatic carbocycles. The van der Waals surface area contributed by atoms with Gasteiger partial charge in [0.1, 0.15) is 0 Å². The van der Waals surface area contributed by atoms with E-state index < -0.39 is 0 Å². The number of rotatable bonds is 2. The normalized spacial score (nSPS) is 29.9. The number of hydrogen-bond acceptors (Lipinski definition) is 4. The Morgan fingerprint density at radius 3 is 2.67 bits per heavy atom. The molecule has 84 valence electrons. The largest absolute Gasteiger partial charge is 0.380 e. The zero-order valence-electron chi connectivity index (χ0n) is 9.19. The molecule has 0 saturated carbocycles. The van der Waals surface area contributed by atoms with Gasteiger partial charge in [-0.25, -0.2) is 0 Å². The van der Waals surface area contributed by atoms with Crippen LogP contribution in [0.25, 0.3) is 0 Å². The van der Waals surface area contributed by atoms with E-state index in [1.54, 1.807) is 0 Å². The highest BCUT2D eigenvalue weighted by Crippen LogP contribution is 2.15. The van der Waals surface area contributed by atoms with Crippen molar-refractivity contribution in [1.29, 1.82) is 5.26 Å². The third kappa shape index (κ3) is 2.91. The Morgan fingerprint density at radius 2 is 2.07 bits per heavy atom. The Hall–Kier alpha value is -0.630. The average Bonchev–Trinajstić information content (AvgIpc) is 2.32. The maximum absolute atomic E-state index is 8.61. The zero-order valence-corrected chi connectivity index (χ0v) is 9.19. The maximum Gasteiger partial charge on any atom is 0.0866 e. The van der Waals surface area contributed by atoms with Crippen molar-refractivity contribution in [3.8, 4) is 6.07 Å². The van der Waals surface area contributed by atoms with E-state index in [1.165, 1.54) is 12.8 Å². The van der Waals surface area contributed by atoms with Crippen molar-refractivity contribution in [2.24, 2.45) is 0 Å². The molecule has 2 aliphatic heterocycles. The van der Waals surface area contributed by atoms with Crippen LogP contribution in [0.2, 0.25) is 0 Å². The molecule has 0 aromatic rings. The second kappa shape index (κ2) is 5.45. The lowest BCUT2D eigenvalue weighted by atomic mass is 10.1. The van der Waals surface area contributed by atoms with Crippen molar-refractivity contribution in [2.75, 3.05) is 45.9 Å². The SMILES string of the molecule is N#CCN1CCN(C2CCCOC2)CC1. The van der Waals surface area contributed by atoms with Crippen molar-refractivity contribution >= 4 is 0 Å². The highest BCUT2D eigenvalue weighted by atomic mass is 16.5. The molecule has 1 atom stereocenters. The summed E-state index contributed by atoms with van der Waals surface area (Å²) in [6, 6.07) is 2.84. The molecule has 4 nitrogen and oxygen atoms in total. The molecule has 0 aromatic heterocycles. The Morgan fingerprint density at radius 1 is 1.27 bits per heavy atom. The summed E-state index contributed by atoms with van der Waals surface area (Å²) in [6.45, 7) is 6.66. The molecule has 0 bridgehead atoms. The predicted molar refractivity (Wildman–Crippen MR) is 57.5 cm³/mol. The summed E-state index contributed by atoms with van der Waals surface area (Å²) in [5.41, 5.74) is 0. The lowest BCUT2D eigenvalue weighted by Crippen LogP contribution is -2.52. The van der Waals surface area contributed by atoms with Gasteiger partial charge in [-0.1, -0.05) is 0 Å². The van der Waals surface area contributed by atoms with Gasteiger partial charge in [0.05, 0.1) is 19.2 Å². The van der Waals surface area contributed by atoms with Crippen molar-refractivity contribution < 1.29 is 4.74 Å². The molecule has 2 heterocycles. The number of nitrogens with zero attached hydrogens (tertiary/aromatic N) is 3. The minimum Gasteiger partial charge on any atom is -0.380 e. The topological polar surface area (TPSA) is 39.5 Å². The van der Waals surface area contributed by atoms with Gasteiger partial charge in [0, 0.05) is 38.8 Å². The number of nitriles is 1. The fourth-order valence-electron chi connectivity index (χ4n) is 2.40. The predicted octanol–water partition coefficient (Wildman–Crippen LogP) is 0.307. The van der Waals surface area contributed by atoms with Crippen LogP contribution < -0.4 is 0 Å². The zero-order chi connectivity index (χ0) is 10.5. The molecule has 2 aliphatic rings. The van der Waals surface area contributed by atoms with Crippen molar-refractivity contribution in [2.45, 2.75) is 18.9 Å². The summed E-state index contributed by atoms with van der Waals surface area (Å²) in [6.07, 6.45) is 2.47. The van der Waals surface area contributed by atoms with E-state index in [-0.39, 0.29) is 0 Å². The van der Waals surface area contributed by atoms with E-state index in [0.29, 0.717) is 12.6 Å². The van der Waals surface area contributed by atoms with E-state index in [2.05, 4.69) is 15.9 Å². The quantitative estimate of drug-likeness (QED) is 0.614. The van der Waals surface area contributed by atoms with Crippen LogP contribution in [0.3, 0.4) is 0 Å². The lowest BCUT2D eigenvalue weighted by Gasteiger charge is -2.39. The van der Waals surface area contributed by atoms with Gasteiger partial charge in [0.25, 0.3) is 0 Å². The van der Waals surface area contributed by atoms with Gasteiger partial charge in [-0.3, -0.25) is 9.80 Å². The van der Waals surface area contributed by atoms with Crippen LogP contribution in [-0.2, 0) is 4.74 Å². The Kier molecular flexibility index (Phi) is 3.95. The standard InChI is InChI=1S/C11H19N3O/c12-3-4-13-5-7-14(8-6-13)11-2-1-9-15-10-11/h11H,1-2,4-10H2. The molecule has 0 radical (unpaired) electrons. The smallest absolute Gasteiger partial charge is 0.0866 e. The molecule has 15 heavy (non-hydrogen) atoms. The van der Waals surface area contributed by atoms with Gasteiger partial charge in [0.2, 0.25) is 0 Å². The molecule has 0 spiro atoms. The Bertz CT molecular complexity index is 224. The second-order valence-electron chi connectivity index (χ2n) is 4.34. The third-order valence-electron chi connectivity index (χ3n) is 3.35. The third-order valence-corrected chi connectivity index (χ3v) is 3.35. The van der Waals surface area contributed by atoms with Crippen molar-refractivity contribution in [1.82, 2.24) is 9.80 Å². The van der Waals surface area contributed by atoms with Gasteiger partial charge in [-0.05, 0) is 12.8 Å². The number of piperazine rings is 1. The number of ether oxygens (including phenoxy) is 1. The molecule has 4 heteroatoms. The van der Waals surface area contributed by atoms with Crippen LogP contribution in [0, 0.1) is 11.3 Å². The first kappa shape index (κ1) is 10.9. The Labute approximate surface area is 91.4 Å². The monoisotopic (exact) mass is 209 g/mol. The Balaban J connectivity index is 1.75. The van der Waals surface area contributed by atoms with Crippen LogP contribution in [0.1, 0.15) is 12.8 Å². The van der Waals surface area contributed by atoms with E-state index in [0.717, 1.165) is 39.4 Å². The highest BCUT2D eigenvalue weighted by Gasteiger charge is 2.25. The van der Waals surface area contributed by atoms with Crippen molar-refractivity contribution in [3.05, 3.63) is 0 Å². The van der Waals surface area contributed by atoms with E-state index in [4.69, 9.17) is 10.00 Å². The van der Waals surface area contributed by atoms with Gasteiger partial charge < -0.3 is 4.74 Å². The first-order valence-electron chi connectivity index (χ1n) is 5.81. The van der Waals surface area contributed by atoms with Crippen LogP contribution in [0.5, 0.6) is 0 Å². The minimum atomic E-state index is 0.578. The summed E-state index contributed by atoms with van der Waals surface area (Å²) < 4.78 is 5.50. The first-order chi connectivity index (χ1) is 7.40. The minimum absolute atomic E-state index is 0.578. The summed E-state index contributed by atoms with van der Waals surface area (Å²) in [4.78, 5) is 4.74. The number of hydrogen-bond donors (Lipinski definition) is 0. The van der Waals surface area contributed by atoms with Gasteiger partial charge in [0.15, 0.2) is 0 Å². The molecule has 0 aromatic carbocycles. The second-order valence-corrected chi connectivity index (χ2v) is 4.34. The fourth-order valence-corrected chi connectivity index (χ4v) is 2.40. The van der Waals surface area contributed by atoms with Gasteiger partial charge in [-0.2, -0.15) is 5.26 Å². The van der Waals surface area contributed by atoms with Crippen LogP contribution in [0.4, 0.5) is 0 Å². The first-order valence-corrected chi connectivity index (χ1v) is 5.81. The summed E-state index contributed by atoms with van der Waals surface area (Å²) in [5.74, 6) is 0. The van der Waals surface area contributed by atoms with Crippen LogP contribution in [-0.4, -0.2) is 61.8 Å². The molecule has 2 saturated heterocycles. The van der Waals surface area contributed by atoms with Crippen LogP contribution >= 0.6 is 0 Å². The molecular formula is C11H19N3O. The van der Waals surface area contributed by atoms with E-state index in [9.17, 15) is 0 Å². The molecule has 2 rings (SSSR count). The molecule has 1 unspecified atom stereocenters. The highest BCUT2D eigenvalue weighted by molar-refractivity contribution is 4.84. The molecule has 0 amide bonds. The summed E-state index contributed by atoms with van der Waals surface area (Å²) in [5, 5.41) is 8.61. The van der Waals surface area contributed by atoms with E-state index >= 15 is 0 Å². The summed E-state index contributed by atoms with van der Waals surface area (Å²) >= 11 is 0. The fraction of sp³-hybridized carbons (Fsp3) is 0.909. The van der Waals surface area contributed by atoms with Crippen molar-refractivity contribution in [3.63, 3.8) is 0 Å². The van der Waals surface area contributed by atoms with E-state index in [1.807, 2.05) is 0 Å². The molecule has 2 fully saturated rings. The average molecular weight is 209 g/mol. The lowest BCUT2D eigenvalue weighted by molar-refractivity contribution is 0.0000701. The van der Waals surface area contributed by atoms with Crippen LogP contribution in [0.15, 0.2) is 0 Å². The maximum atomic E-state index is 8.61. The summed E-state index contributed by atoms with van der Waals surface area (Å²) in [7, 11) is 0. The molecular weight excluding hydrogens is 190 g/mol.